The Morgan fingerprint density at radius 1 is 1.15 bits per heavy atom. The van der Waals surface area contributed by atoms with E-state index in [-0.39, 0.29) is 11.0 Å². The number of hydrogen-bond acceptors (Lipinski definition) is 6. The predicted molar refractivity (Wildman–Crippen MR) is 93.6 cm³/mol. The third-order valence-corrected chi connectivity index (χ3v) is 5.15. The highest BCUT2D eigenvalue weighted by Crippen LogP contribution is 2.31. The maximum Gasteiger partial charge on any atom is 0.263 e. The standard InChI is InChI=1S/C17H16N4O4S/c22-26(23,15-4-3-7-18-9-15)20-13-8-19-21(10-13)11-14-12-24-16-5-1-2-6-17(16)25-14/h1-10,14,20H,11-12H2/t14-/m0/s1. The summed E-state index contributed by atoms with van der Waals surface area (Å²) in [5.74, 6) is 1.41. The summed E-state index contributed by atoms with van der Waals surface area (Å²) in [6.45, 7) is 0.830. The van der Waals surface area contributed by atoms with Gasteiger partial charge in [0.25, 0.3) is 10.0 Å². The fraction of sp³-hybridized carbons (Fsp3) is 0.176. The summed E-state index contributed by atoms with van der Waals surface area (Å²) in [6.07, 6.45) is 5.65. The number of nitrogens with zero attached hydrogens (tertiary/aromatic N) is 3. The molecule has 3 heterocycles. The molecule has 1 aromatic carbocycles. The number of benzene rings is 1. The van der Waals surface area contributed by atoms with Crippen molar-refractivity contribution in [2.75, 3.05) is 11.3 Å². The van der Waals surface area contributed by atoms with Gasteiger partial charge in [0.05, 0.1) is 18.4 Å². The van der Waals surface area contributed by atoms with Crippen molar-refractivity contribution in [2.45, 2.75) is 17.5 Å². The average molecular weight is 372 g/mol. The molecule has 134 valence electrons. The zero-order chi connectivity index (χ0) is 18.0. The molecule has 0 amide bonds. The molecule has 4 rings (SSSR count). The summed E-state index contributed by atoms with van der Waals surface area (Å²) in [5, 5.41) is 4.18. The van der Waals surface area contributed by atoms with Crippen molar-refractivity contribution in [3.8, 4) is 11.5 Å². The van der Waals surface area contributed by atoms with Crippen LogP contribution in [0.3, 0.4) is 0 Å². The fourth-order valence-corrected chi connectivity index (χ4v) is 3.59. The first kappa shape index (κ1) is 16.4. The summed E-state index contributed by atoms with van der Waals surface area (Å²) in [7, 11) is -3.69. The lowest BCUT2D eigenvalue weighted by Crippen LogP contribution is -2.33. The van der Waals surface area contributed by atoms with Gasteiger partial charge in [0.1, 0.15) is 11.5 Å². The Morgan fingerprint density at radius 2 is 2.00 bits per heavy atom. The summed E-state index contributed by atoms with van der Waals surface area (Å²) in [5.41, 5.74) is 0.367. The van der Waals surface area contributed by atoms with Gasteiger partial charge < -0.3 is 9.47 Å². The van der Waals surface area contributed by atoms with E-state index in [1.54, 1.807) is 16.9 Å². The highest BCUT2D eigenvalue weighted by molar-refractivity contribution is 7.92. The molecule has 0 saturated carbocycles. The number of fused-ring (bicyclic) bond motifs is 1. The molecule has 3 aromatic rings. The number of rotatable bonds is 5. The van der Waals surface area contributed by atoms with Crippen LogP contribution in [0.2, 0.25) is 0 Å². The van der Waals surface area contributed by atoms with E-state index < -0.39 is 10.0 Å². The van der Waals surface area contributed by atoms with Gasteiger partial charge in [-0.3, -0.25) is 14.4 Å². The van der Waals surface area contributed by atoms with Crippen LogP contribution in [-0.4, -0.2) is 35.9 Å². The Labute approximate surface area is 150 Å². The molecule has 1 atom stereocenters. The second kappa shape index (κ2) is 6.68. The van der Waals surface area contributed by atoms with Gasteiger partial charge in [-0.15, -0.1) is 0 Å². The van der Waals surface area contributed by atoms with E-state index in [4.69, 9.17) is 9.47 Å². The zero-order valence-electron chi connectivity index (χ0n) is 13.6. The van der Waals surface area contributed by atoms with Gasteiger partial charge >= 0.3 is 0 Å². The minimum atomic E-state index is -3.69. The first-order chi connectivity index (χ1) is 12.6. The molecule has 1 aliphatic heterocycles. The summed E-state index contributed by atoms with van der Waals surface area (Å²) in [4.78, 5) is 3.91. The molecule has 0 radical (unpaired) electrons. The van der Waals surface area contributed by atoms with Crippen molar-refractivity contribution in [3.63, 3.8) is 0 Å². The maximum absolute atomic E-state index is 12.3. The van der Waals surface area contributed by atoms with Crippen molar-refractivity contribution in [2.24, 2.45) is 0 Å². The molecule has 0 spiro atoms. The van der Waals surface area contributed by atoms with Crippen LogP contribution in [-0.2, 0) is 16.6 Å². The molecule has 0 aliphatic carbocycles. The lowest BCUT2D eigenvalue weighted by Gasteiger charge is -2.26. The topological polar surface area (TPSA) is 95.3 Å². The number of ether oxygens (including phenoxy) is 2. The monoisotopic (exact) mass is 372 g/mol. The first-order valence-corrected chi connectivity index (χ1v) is 9.42. The van der Waals surface area contributed by atoms with Crippen molar-refractivity contribution in [1.82, 2.24) is 14.8 Å². The number of sulfonamides is 1. The number of pyridine rings is 1. The second-order valence-corrected chi connectivity index (χ2v) is 7.43. The third-order valence-electron chi connectivity index (χ3n) is 3.79. The smallest absolute Gasteiger partial charge is 0.263 e. The van der Waals surface area contributed by atoms with Gasteiger partial charge in [-0.25, -0.2) is 8.42 Å². The number of hydrogen-bond donors (Lipinski definition) is 1. The van der Waals surface area contributed by atoms with E-state index in [1.807, 2.05) is 24.3 Å². The Hall–Kier alpha value is -3.07. The minimum Gasteiger partial charge on any atom is -0.486 e. The highest BCUT2D eigenvalue weighted by Gasteiger charge is 2.22. The van der Waals surface area contributed by atoms with Gasteiger partial charge in [0, 0.05) is 18.6 Å². The van der Waals surface area contributed by atoms with Gasteiger partial charge in [-0.2, -0.15) is 5.10 Å². The quantitative estimate of drug-likeness (QED) is 0.735. The van der Waals surface area contributed by atoms with Crippen LogP contribution in [0, 0.1) is 0 Å². The van der Waals surface area contributed by atoms with E-state index in [0.717, 1.165) is 0 Å². The predicted octanol–water partition coefficient (Wildman–Crippen LogP) is 1.92. The van der Waals surface area contributed by atoms with Gasteiger partial charge in [0.2, 0.25) is 0 Å². The molecule has 9 heteroatoms. The van der Waals surface area contributed by atoms with E-state index in [1.165, 1.54) is 24.7 Å². The summed E-state index contributed by atoms with van der Waals surface area (Å²) < 4.78 is 40.3. The van der Waals surface area contributed by atoms with Crippen molar-refractivity contribution in [3.05, 3.63) is 61.2 Å². The van der Waals surface area contributed by atoms with Crippen LogP contribution >= 0.6 is 0 Å². The van der Waals surface area contributed by atoms with Gasteiger partial charge in [-0.1, -0.05) is 12.1 Å². The van der Waals surface area contributed by atoms with E-state index in [9.17, 15) is 8.42 Å². The first-order valence-electron chi connectivity index (χ1n) is 7.94. The number of aromatic nitrogens is 3. The molecular formula is C17H16N4O4S. The Bertz CT molecular complexity index is 1000. The average Bonchev–Trinajstić information content (AvgIpc) is 3.08. The summed E-state index contributed by atoms with van der Waals surface area (Å²) in [6, 6.07) is 10.5. The lowest BCUT2D eigenvalue weighted by molar-refractivity contribution is 0.0759. The summed E-state index contributed by atoms with van der Waals surface area (Å²) >= 11 is 0. The van der Waals surface area contributed by atoms with Crippen LogP contribution in [0.5, 0.6) is 11.5 Å². The van der Waals surface area contributed by atoms with E-state index in [2.05, 4.69) is 14.8 Å². The minimum absolute atomic E-state index is 0.0911. The maximum atomic E-state index is 12.3. The van der Waals surface area contributed by atoms with Crippen molar-refractivity contribution in [1.29, 1.82) is 0 Å². The molecule has 1 N–H and O–H groups in total. The zero-order valence-corrected chi connectivity index (χ0v) is 14.5. The number of para-hydroxylation sites is 2. The second-order valence-electron chi connectivity index (χ2n) is 5.74. The highest BCUT2D eigenvalue weighted by atomic mass is 32.2. The molecular weight excluding hydrogens is 356 g/mol. The molecule has 26 heavy (non-hydrogen) atoms. The third kappa shape index (κ3) is 3.47. The number of nitrogens with one attached hydrogen (secondary N) is 1. The molecule has 0 fully saturated rings. The molecule has 0 bridgehead atoms. The normalized spacial score (nSPS) is 16.2. The van der Waals surface area contributed by atoms with Crippen molar-refractivity contribution < 1.29 is 17.9 Å². The van der Waals surface area contributed by atoms with Crippen molar-refractivity contribution >= 4 is 15.7 Å². The van der Waals surface area contributed by atoms with Crippen LogP contribution in [0.25, 0.3) is 0 Å². The van der Waals surface area contributed by atoms with E-state index in [0.29, 0.717) is 30.3 Å². The van der Waals surface area contributed by atoms with Crippen LogP contribution in [0.1, 0.15) is 0 Å². The molecule has 1 aliphatic rings. The van der Waals surface area contributed by atoms with Gasteiger partial charge in [0.15, 0.2) is 17.6 Å². The largest absolute Gasteiger partial charge is 0.486 e. The van der Waals surface area contributed by atoms with Crippen LogP contribution in [0.4, 0.5) is 5.69 Å². The molecule has 2 aromatic heterocycles. The Balaban J connectivity index is 1.43. The van der Waals surface area contributed by atoms with Gasteiger partial charge in [-0.05, 0) is 24.3 Å². The Kier molecular flexibility index (Phi) is 4.21. The van der Waals surface area contributed by atoms with Crippen LogP contribution in [0.15, 0.2) is 66.1 Å². The van der Waals surface area contributed by atoms with E-state index >= 15 is 0 Å². The SMILES string of the molecule is O=S(=O)(Nc1cnn(C[C@H]2COc3ccccc3O2)c1)c1cccnc1. The molecule has 8 nitrogen and oxygen atoms in total. The Morgan fingerprint density at radius 3 is 2.81 bits per heavy atom. The van der Waals surface area contributed by atoms with Crippen LogP contribution < -0.4 is 14.2 Å². The fourth-order valence-electron chi connectivity index (χ4n) is 2.60. The number of anilines is 1. The molecule has 0 saturated heterocycles. The molecule has 0 unspecified atom stereocenters. The lowest BCUT2D eigenvalue weighted by atomic mass is 10.2.